The number of nitrogens with two attached hydrogens (primary N) is 1. The second kappa shape index (κ2) is 7.84. The molecule has 0 spiro atoms. The smallest absolute Gasteiger partial charge is 0.337 e. The zero-order chi connectivity index (χ0) is 21.3. The maximum Gasteiger partial charge on any atom is 0.337 e. The van der Waals surface area contributed by atoms with E-state index in [9.17, 15) is 14.0 Å². The molecule has 0 fully saturated rings. The van der Waals surface area contributed by atoms with Gasteiger partial charge in [-0.2, -0.15) is 0 Å². The van der Waals surface area contributed by atoms with E-state index in [1.165, 1.54) is 35.9 Å². The molecule has 0 unspecified atom stereocenters. The molecule has 0 radical (unpaired) electrons. The van der Waals surface area contributed by atoms with Crippen LogP contribution in [-0.2, 0) is 7.05 Å². The second-order valence-corrected chi connectivity index (χ2v) is 6.43. The highest BCUT2D eigenvalue weighted by Crippen LogP contribution is 2.20. The van der Waals surface area contributed by atoms with E-state index in [0.29, 0.717) is 30.2 Å². The summed E-state index contributed by atoms with van der Waals surface area (Å²) in [6.07, 6.45) is 0. The maximum atomic E-state index is 13.3. The van der Waals surface area contributed by atoms with Crippen LogP contribution in [0.1, 0.15) is 0 Å². The Labute approximate surface area is 169 Å². The van der Waals surface area contributed by atoms with Gasteiger partial charge in [-0.15, -0.1) is 10.2 Å². The van der Waals surface area contributed by atoms with Crippen molar-refractivity contribution < 1.29 is 9.13 Å². The summed E-state index contributed by atoms with van der Waals surface area (Å²) in [5.74, 6) is 0.402. The van der Waals surface area contributed by atoms with Crippen molar-refractivity contribution in [1.29, 1.82) is 0 Å². The molecule has 0 amide bonds. The summed E-state index contributed by atoms with van der Waals surface area (Å²) in [6, 6.07) is 12.2. The number of hydrogen-bond acceptors (Lipinski definition) is 7. The average Bonchev–Trinajstić information content (AvgIpc) is 2.78. The predicted octanol–water partition coefficient (Wildman–Crippen LogP) is 1.02. The van der Waals surface area contributed by atoms with Gasteiger partial charge in [0.2, 0.25) is 0 Å². The number of rotatable bonds is 5. The third-order valence-electron chi connectivity index (χ3n) is 4.45. The van der Waals surface area contributed by atoms with Crippen LogP contribution in [0, 0.1) is 5.82 Å². The quantitative estimate of drug-likeness (QED) is 0.524. The molecule has 2 aromatic heterocycles. The Morgan fingerprint density at radius 2 is 1.73 bits per heavy atom. The summed E-state index contributed by atoms with van der Waals surface area (Å²) < 4.78 is 20.8. The van der Waals surface area contributed by atoms with E-state index >= 15 is 0 Å². The molecule has 4 aromatic rings. The van der Waals surface area contributed by atoms with Gasteiger partial charge in [0.05, 0.1) is 5.69 Å². The number of benzene rings is 2. The van der Waals surface area contributed by atoms with E-state index in [0.717, 1.165) is 4.57 Å². The first-order chi connectivity index (χ1) is 14.5. The summed E-state index contributed by atoms with van der Waals surface area (Å²) in [4.78, 5) is 29.7. The first kappa shape index (κ1) is 19.4. The molecule has 2 heterocycles. The normalized spacial score (nSPS) is 11.0. The van der Waals surface area contributed by atoms with Crippen LogP contribution < -0.4 is 21.7 Å². The standard InChI is InChI=1S/C20H17FN6O3/c1-26-19(28)16-18(27(20(26)29)14-6-4-13(21)5-7-14)25-24-17(23-16)12-2-8-15(9-3-12)30-11-10-22/h2-9H,10-11,22H2,1H3. The molecule has 0 aliphatic rings. The Hall–Kier alpha value is -3.92. The van der Waals surface area contributed by atoms with Crippen LogP contribution in [0.15, 0.2) is 58.1 Å². The minimum absolute atomic E-state index is 0.0126. The number of hydrogen-bond donors (Lipinski definition) is 1. The Bertz CT molecular complexity index is 1330. The van der Waals surface area contributed by atoms with Crippen molar-refractivity contribution in [1.82, 2.24) is 24.3 Å². The molecule has 2 aromatic carbocycles. The molecular formula is C20H17FN6O3. The van der Waals surface area contributed by atoms with Crippen molar-refractivity contribution in [2.45, 2.75) is 0 Å². The van der Waals surface area contributed by atoms with Crippen LogP contribution in [0.2, 0.25) is 0 Å². The third kappa shape index (κ3) is 3.44. The fourth-order valence-electron chi connectivity index (χ4n) is 2.92. The lowest BCUT2D eigenvalue weighted by Gasteiger charge is -2.11. The highest BCUT2D eigenvalue weighted by molar-refractivity contribution is 5.73. The lowest BCUT2D eigenvalue weighted by atomic mass is 10.2. The van der Waals surface area contributed by atoms with Crippen molar-refractivity contribution in [3.63, 3.8) is 0 Å². The average molecular weight is 408 g/mol. The third-order valence-corrected chi connectivity index (χ3v) is 4.45. The van der Waals surface area contributed by atoms with Crippen LogP contribution in [0.5, 0.6) is 5.75 Å². The lowest BCUT2D eigenvalue weighted by molar-refractivity contribution is 0.328. The van der Waals surface area contributed by atoms with Crippen molar-refractivity contribution in [3.8, 4) is 22.8 Å². The fraction of sp³-hybridized carbons (Fsp3) is 0.150. The van der Waals surface area contributed by atoms with Crippen LogP contribution in [0.25, 0.3) is 28.2 Å². The number of fused-ring (bicyclic) bond motifs is 1. The zero-order valence-corrected chi connectivity index (χ0v) is 15.9. The molecule has 10 heteroatoms. The fourth-order valence-corrected chi connectivity index (χ4v) is 2.92. The Morgan fingerprint density at radius 1 is 1.03 bits per heavy atom. The van der Waals surface area contributed by atoms with E-state index in [1.807, 2.05) is 0 Å². The number of nitrogens with zero attached hydrogens (tertiary/aromatic N) is 5. The summed E-state index contributed by atoms with van der Waals surface area (Å²) in [6.45, 7) is 0.794. The van der Waals surface area contributed by atoms with Crippen LogP contribution in [-0.4, -0.2) is 37.5 Å². The van der Waals surface area contributed by atoms with Crippen LogP contribution in [0.4, 0.5) is 4.39 Å². The summed E-state index contributed by atoms with van der Waals surface area (Å²) in [7, 11) is 1.34. The molecule has 0 saturated heterocycles. The second-order valence-electron chi connectivity index (χ2n) is 6.43. The van der Waals surface area contributed by atoms with Gasteiger partial charge in [-0.3, -0.25) is 9.36 Å². The zero-order valence-electron chi connectivity index (χ0n) is 15.9. The lowest BCUT2D eigenvalue weighted by Crippen LogP contribution is -2.38. The number of halogens is 1. The van der Waals surface area contributed by atoms with Gasteiger partial charge in [-0.05, 0) is 48.5 Å². The molecule has 30 heavy (non-hydrogen) atoms. The van der Waals surface area contributed by atoms with E-state index in [2.05, 4.69) is 15.2 Å². The molecular weight excluding hydrogens is 391 g/mol. The molecule has 0 bridgehead atoms. The van der Waals surface area contributed by atoms with Gasteiger partial charge < -0.3 is 10.5 Å². The van der Waals surface area contributed by atoms with Gasteiger partial charge in [-0.1, -0.05) is 0 Å². The molecule has 9 nitrogen and oxygen atoms in total. The van der Waals surface area contributed by atoms with Crippen LogP contribution in [0.3, 0.4) is 0 Å². The topological polar surface area (TPSA) is 118 Å². The van der Waals surface area contributed by atoms with Gasteiger partial charge >= 0.3 is 5.69 Å². The molecule has 152 valence electrons. The first-order valence-electron chi connectivity index (χ1n) is 9.05. The predicted molar refractivity (Wildman–Crippen MR) is 108 cm³/mol. The molecule has 4 rings (SSSR count). The van der Waals surface area contributed by atoms with Crippen LogP contribution >= 0.6 is 0 Å². The van der Waals surface area contributed by atoms with E-state index in [-0.39, 0.29) is 17.0 Å². The highest BCUT2D eigenvalue weighted by Gasteiger charge is 2.17. The Morgan fingerprint density at radius 3 is 2.40 bits per heavy atom. The van der Waals surface area contributed by atoms with Crippen molar-refractivity contribution >= 4 is 11.2 Å². The van der Waals surface area contributed by atoms with E-state index in [1.54, 1.807) is 24.3 Å². The number of ether oxygens (including phenoxy) is 1. The van der Waals surface area contributed by atoms with Gasteiger partial charge in [-0.25, -0.2) is 18.7 Å². The minimum Gasteiger partial charge on any atom is -0.492 e. The molecule has 2 N–H and O–H groups in total. The van der Waals surface area contributed by atoms with Gasteiger partial charge in [0.15, 0.2) is 17.0 Å². The molecule has 0 saturated carbocycles. The van der Waals surface area contributed by atoms with Gasteiger partial charge in [0, 0.05) is 19.2 Å². The largest absolute Gasteiger partial charge is 0.492 e. The van der Waals surface area contributed by atoms with Crippen molar-refractivity contribution in [2.24, 2.45) is 12.8 Å². The maximum absolute atomic E-state index is 13.3. The van der Waals surface area contributed by atoms with E-state index in [4.69, 9.17) is 10.5 Å². The minimum atomic E-state index is -0.635. The van der Waals surface area contributed by atoms with E-state index < -0.39 is 17.1 Å². The van der Waals surface area contributed by atoms with Gasteiger partial charge in [0.1, 0.15) is 18.2 Å². The first-order valence-corrected chi connectivity index (χ1v) is 9.05. The monoisotopic (exact) mass is 408 g/mol. The summed E-state index contributed by atoms with van der Waals surface area (Å²) >= 11 is 0. The highest BCUT2D eigenvalue weighted by atomic mass is 19.1. The molecule has 0 aliphatic carbocycles. The summed E-state index contributed by atoms with van der Waals surface area (Å²) in [5.41, 5.74) is 5.09. The molecule has 0 atom stereocenters. The SMILES string of the molecule is Cn1c(=O)c2nc(-c3ccc(OCCN)cc3)nnc2n(-c2ccc(F)cc2)c1=O. The number of aromatic nitrogens is 5. The van der Waals surface area contributed by atoms with Crippen molar-refractivity contribution in [2.75, 3.05) is 13.2 Å². The Kier molecular flexibility index (Phi) is 5.07. The summed E-state index contributed by atoms with van der Waals surface area (Å²) in [5, 5.41) is 8.17. The van der Waals surface area contributed by atoms with Gasteiger partial charge in [0.25, 0.3) is 5.56 Å². The van der Waals surface area contributed by atoms with Crippen molar-refractivity contribution in [3.05, 3.63) is 75.2 Å². The Balaban J connectivity index is 1.86. The molecule has 0 aliphatic heterocycles.